The Morgan fingerprint density at radius 2 is 1.90 bits per heavy atom. The lowest BCUT2D eigenvalue weighted by Crippen LogP contribution is -2.31. The van der Waals surface area contributed by atoms with Crippen molar-refractivity contribution in [1.29, 1.82) is 0 Å². The fraction of sp³-hybridized carbons (Fsp3) is 0.467. The first-order valence-corrected chi connectivity index (χ1v) is 7.10. The van der Waals surface area contributed by atoms with Crippen LogP contribution in [0.25, 0.3) is 0 Å². The summed E-state index contributed by atoms with van der Waals surface area (Å²) in [7, 11) is 0. The number of likely N-dealkylation sites (tertiary alicyclic amines) is 1. The summed E-state index contributed by atoms with van der Waals surface area (Å²) in [6, 6.07) is 7.40. The van der Waals surface area contributed by atoms with E-state index in [2.05, 4.69) is 0 Å². The van der Waals surface area contributed by atoms with Crippen LogP contribution in [0.15, 0.2) is 24.3 Å². The minimum atomic E-state index is 0. The molecule has 0 bridgehead atoms. The second-order valence-corrected chi connectivity index (χ2v) is 5.50. The summed E-state index contributed by atoms with van der Waals surface area (Å²) < 4.78 is 0. The molecule has 5 nitrogen and oxygen atoms in total. The summed E-state index contributed by atoms with van der Waals surface area (Å²) in [6.45, 7) is 2.13. The number of hydrogen-bond donors (Lipinski definition) is 1. The van der Waals surface area contributed by atoms with Crippen molar-refractivity contribution in [3.8, 4) is 0 Å². The fourth-order valence-electron chi connectivity index (χ4n) is 2.86. The minimum absolute atomic E-state index is 0. The molecule has 114 valence electrons. The van der Waals surface area contributed by atoms with Crippen LogP contribution in [-0.2, 0) is 4.79 Å². The lowest BCUT2D eigenvalue weighted by atomic mass is 10.1. The second kappa shape index (κ2) is 6.45. The monoisotopic (exact) mass is 309 g/mol. The molecule has 3 rings (SSSR count). The van der Waals surface area contributed by atoms with Crippen molar-refractivity contribution in [1.82, 2.24) is 4.90 Å². The van der Waals surface area contributed by atoms with Gasteiger partial charge in [0.05, 0.1) is 0 Å². The number of hydrogen-bond acceptors (Lipinski definition) is 3. The van der Waals surface area contributed by atoms with E-state index in [9.17, 15) is 9.59 Å². The molecule has 2 heterocycles. The molecule has 0 spiro atoms. The lowest BCUT2D eigenvalue weighted by Gasteiger charge is -2.18. The van der Waals surface area contributed by atoms with Gasteiger partial charge in [-0.2, -0.15) is 0 Å². The zero-order valence-corrected chi connectivity index (χ0v) is 12.6. The molecular weight excluding hydrogens is 290 g/mol. The lowest BCUT2D eigenvalue weighted by molar-refractivity contribution is -0.117. The van der Waals surface area contributed by atoms with Crippen molar-refractivity contribution in [2.24, 2.45) is 5.73 Å². The van der Waals surface area contributed by atoms with Gasteiger partial charge in [0.2, 0.25) is 5.91 Å². The van der Waals surface area contributed by atoms with Crippen LogP contribution >= 0.6 is 12.4 Å². The van der Waals surface area contributed by atoms with Crippen LogP contribution in [0, 0.1) is 0 Å². The van der Waals surface area contributed by atoms with Crippen molar-refractivity contribution in [2.45, 2.75) is 25.3 Å². The van der Waals surface area contributed by atoms with Crippen LogP contribution in [0.4, 0.5) is 5.69 Å². The van der Waals surface area contributed by atoms with Gasteiger partial charge in [0, 0.05) is 43.3 Å². The number of anilines is 1. The van der Waals surface area contributed by atoms with E-state index in [0.29, 0.717) is 18.5 Å². The van der Waals surface area contributed by atoms with E-state index in [4.69, 9.17) is 5.73 Å². The highest BCUT2D eigenvalue weighted by molar-refractivity contribution is 5.97. The molecule has 0 radical (unpaired) electrons. The Hall–Kier alpha value is -1.59. The zero-order valence-electron chi connectivity index (χ0n) is 11.8. The van der Waals surface area contributed by atoms with E-state index in [-0.39, 0.29) is 30.3 Å². The molecule has 0 aromatic heterocycles. The first-order chi connectivity index (χ1) is 9.65. The van der Waals surface area contributed by atoms with Gasteiger partial charge in [0.25, 0.3) is 5.91 Å². The van der Waals surface area contributed by atoms with Crippen LogP contribution in [-0.4, -0.2) is 42.4 Å². The Balaban J connectivity index is 0.00000161. The highest BCUT2D eigenvalue weighted by Gasteiger charge is 2.25. The van der Waals surface area contributed by atoms with Gasteiger partial charge in [-0.05, 0) is 37.1 Å². The Labute approximate surface area is 130 Å². The SMILES string of the molecule is Cl.N[C@H]1CCN(C(=O)c2ccc(N3CCCC3=O)cc2)C1. The molecule has 1 aromatic rings. The summed E-state index contributed by atoms with van der Waals surface area (Å²) in [5.74, 6) is 0.187. The van der Waals surface area contributed by atoms with Crippen LogP contribution in [0.2, 0.25) is 0 Å². The maximum atomic E-state index is 12.3. The number of amides is 2. The molecule has 2 aliphatic heterocycles. The molecule has 2 aliphatic rings. The molecule has 2 saturated heterocycles. The zero-order chi connectivity index (χ0) is 14.1. The van der Waals surface area contributed by atoms with Crippen molar-refractivity contribution in [3.05, 3.63) is 29.8 Å². The maximum absolute atomic E-state index is 12.3. The van der Waals surface area contributed by atoms with Crippen LogP contribution in [0.3, 0.4) is 0 Å². The third kappa shape index (κ3) is 3.19. The molecule has 2 fully saturated rings. The molecule has 6 heteroatoms. The van der Waals surface area contributed by atoms with Crippen molar-refractivity contribution < 1.29 is 9.59 Å². The Morgan fingerprint density at radius 1 is 1.19 bits per heavy atom. The number of nitrogens with zero attached hydrogens (tertiary/aromatic N) is 2. The van der Waals surface area contributed by atoms with Gasteiger partial charge in [-0.3, -0.25) is 9.59 Å². The van der Waals surface area contributed by atoms with E-state index in [0.717, 1.165) is 31.6 Å². The normalized spacial score (nSPS) is 21.6. The van der Waals surface area contributed by atoms with E-state index in [1.807, 2.05) is 12.1 Å². The molecule has 0 unspecified atom stereocenters. The molecule has 2 amide bonds. The quantitative estimate of drug-likeness (QED) is 0.898. The average Bonchev–Trinajstić information content (AvgIpc) is 3.07. The first-order valence-electron chi connectivity index (χ1n) is 7.10. The standard InChI is InChI=1S/C15H19N3O2.ClH/c16-12-7-9-17(10-12)15(20)11-3-5-13(6-4-11)18-8-1-2-14(18)19;/h3-6,12H,1-2,7-10,16H2;1H/t12-;/m0./s1. The molecule has 2 N–H and O–H groups in total. The molecular formula is C15H20ClN3O2. The number of carbonyl (C=O) groups excluding carboxylic acids is 2. The van der Waals surface area contributed by atoms with E-state index in [1.165, 1.54) is 0 Å². The summed E-state index contributed by atoms with van der Waals surface area (Å²) in [4.78, 5) is 27.5. The van der Waals surface area contributed by atoms with Gasteiger partial charge in [0.1, 0.15) is 0 Å². The Morgan fingerprint density at radius 3 is 2.43 bits per heavy atom. The highest BCUT2D eigenvalue weighted by atomic mass is 35.5. The first kappa shape index (κ1) is 15.8. The number of nitrogens with two attached hydrogens (primary N) is 1. The van der Waals surface area contributed by atoms with E-state index in [1.54, 1.807) is 21.9 Å². The third-order valence-electron chi connectivity index (χ3n) is 4.01. The maximum Gasteiger partial charge on any atom is 0.253 e. The van der Waals surface area contributed by atoms with Gasteiger partial charge < -0.3 is 15.5 Å². The molecule has 0 aliphatic carbocycles. The summed E-state index contributed by atoms with van der Waals surface area (Å²) in [6.07, 6.45) is 2.39. The van der Waals surface area contributed by atoms with Gasteiger partial charge in [-0.1, -0.05) is 0 Å². The minimum Gasteiger partial charge on any atom is -0.337 e. The van der Waals surface area contributed by atoms with Crippen molar-refractivity contribution in [2.75, 3.05) is 24.5 Å². The third-order valence-corrected chi connectivity index (χ3v) is 4.01. The van der Waals surface area contributed by atoms with Gasteiger partial charge >= 0.3 is 0 Å². The molecule has 21 heavy (non-hydrogen) atoms. The summed E-state index contributed by atoms with van der Waals surface area (Å²) in [5.41, 5.74) is 7.36. The smallest absolute Gasteiger partial charge is 0.253 e. The van der Waals surface area contributed by atoms with Gasteiger partial charge in [0.15, 0.2) is 0 Å². The number of carbonyl (C=O) groups is 2. The Bertz CT molecular complexity index is 532. The Kier molecular flexibility index (Phi) is 4.85. The fourth-order valence-corrected chi connectivity index (χ4v) is 2.86. The van der Waals surface area contributed by atoms with Crippen LogP contribution in [0.5, 0.6) is 0 Å². The predicted molar refractivity (Wildman–Crippen MR) is 83.8 cm³/mol. The van der Waals surface area contributed by atoms with Crippen LogP contribution < -0.4 is 10.6 Å². The van der Waals surface area contributed by atoms with Gasteiger partial charge in [-0.15, -0.1) is 12.4 Å². The summed E-state index contributed by atoms with van der Waals surface area (Å²) in [5, 5.41) is 0. The average molecular weight is 310 g/mol. The highest BCUT2D eigenvalue weighted by Crippen LogP contribution is 2.22. The molecule has 1 aromatic carbocycles. The molecule has 0 saturated carbocycles. The second-order valence-electron chi connectivity index (χ2n) is 5.50. The largest absolute Gasteiger partial charge is 0.337 e. The van der Waals surface area contributed by atoms with Crippen molar-refractivity contribution in [3.63, 3.8) is 0 Å². The van der Waals surface area contributed by atoms with Gasteiger partial charge in [-0.25, -0.2) is 0 Å². The number of rotatable bonds is 2. The van der Waals surface area contributed by atoms with Crippen molar-refractivity contribution >= 4 is 29.9 Å². The number of halogens is 1. The topological polar surface area (TPSA) is 66.6 Å². The predicted octanol–water partition coefficient (Wildman–Crippen LogP) is 1.41. The number of benzene rings is 1. The van der Waals surface area contributed by atoms with Crippen LogP contribution in [0.1, 0.15) is 29.6 Å². The summed E-state index contributed by atoms with van der Waals surface area (Å²) >= 11 is 0. The van der Waals surface area contributed by atoms with E-state index < -0.39 is 0 Å². The van der Waals surface area contributed by atoms with E-state index >= 15 is 0 Å². The molecule has 1 atom stereocenters.